The number of furan rings is 1. The van der Waals surface area contributed by atoms with Crippen molar-refractivity contribution in [1.82, 2.24) is 10.2 Å². The van der Waals surface area contributed by atoms with Crippen LogP contribution in [0.2, 0.25) is 0 Å². The summed E-state index contributed by atoms with van der Waals surface area (Å²) in [7, 11) is 3.03. The van der Waals surface area contributed by atoms with Crippen molar-refractivity contribution in [2.75, 3.05) is 27.3 Å². The highest BCUT2D eigenvalue weighted by molar-refractivity contribution is 5.94. The molecule has 2 aromatic rings. The Kier molecular flexibility index (Phi) is 7.62. The van der Waals surface area contributed by atoms with Gasteiger partial charge in [-0.1, -0.05) is 12.1 Å². The van der Waals surface area contributed by atoms with E-state index in [4.69, 9.17) is 13.9 Å². The average Bonchev–Trinajstić information content (AvgIpc) is 3.21. The zero-order valence-corrected chi connectivity index (χ0v) is 16.1. The molecule has 0 aliphatic carbocycles. The minimum Gasteiger partial charge on any atom is -0.497 e. The van der Waals surface area contributed by atoms with Crippen molar-refractivity contribution < 1.29 is 28.3 Å². The number of likely N-dealkylation sites (N-methyl/N-ethyl adjacent to an activating group) is 1. The smallest absolute Gasteiger partial charge is 0.308 e. The lowest BCUT2D eigenvalue weighted by molar-refractivity contribution is -0.143. The van der Waals surface area contributed by atoms with Crippen LogP contribution in [-0.2, 0) is 14.3 Å². The Morgan fingerprint density at radius 3 is 2.64 bits per heavy atom. The van der Waals surface area contributed by atoms with Crippen molar-refractivity contribution in [3.05, 3.63) is 54.0 Å². The number of esters is 1. The molecule has 0 aliphatic rings. The van der Waals surface area contributed by atoms with Gasteiger partial charge in [-0.25, -0.2) is 0 Å². The molecular formula is C20H24N2O6. The molecule has 0 saturated carbocycles. The molecule has 0 radical (unpaired) electrons. The Balaban J connectivity index is 2.08. The van der Waals surface area contributed by atoms with Gasteiger partial charge in [0.1, 0.15) is 5.75 Å². The van der Waals surface area contributed by atoms with Gasteiger partial charge in [0.25, 0.3) is 5.91 Å². The van der Waals surface area contributed by atoms with E-state index >= 15 is 0 Å². The predicted molar refractivity (Wildman–Crippen MR) is 101 cm³/mol. The third-order valence-corrected chi connectivity index (χ3v) is 3.97. The number of nitrogens with one attached hydrogen (secondary N) is 1. The maximum absolute atomic E-state index is 12.5. The van der Waals surface area contributed by atoms with Crippen LogP contribution in [0.5, 0.6) is 5.75 Å². The summed E-state index contributed by atoms with van der Waals surface area (Å²) in [5.74, 6) is -0.518. The van der Waals surface area contributed by atoms with Gasteiger partial charge in [0.05, 0.1) is 39.0 Å². The SMILES string of the molecule is CCOC(=O)CC(NC(=O)CN(C)C(=O)c1ccco1)c1cccc(OC)c1. The third-order valence-electron chi connectivity index (χ3n) is 3.97. The first-order valence-corrected chi connectivity index (χ1v) is 8.82. The molecule has 8 heteroatoms. The Bertz CT molecular complexity index is 803. The third kappa shape index (κ3) is 5.87. The van der Waals surface area contributed by atoms with Crippen LogP contribution >= 0.6 is 0 Å². The molecule has 1 aromatic carbocycles. The van der Waals surface area contributed by atoms with Crippen LogP contribution in [0.1, 0.15) is 35.5 Å². The summed E-state index contributed by atoms with van der Waals surface area (Å²) < 4.78 is 15.3. The van der Waals surface area contributed by atoms with Crippen LogP contribution in [0, 0.1) is 0 Å². The number of methoxy groups -OCH3 is 1. The van der Waals surface area contributed by atoms with Crippen LogP contribution in [0.3, 0.4) is 0 Å². The first kappa shape index (κ1) is 21.0. The van der Waals surface area contributed by atoms with Gasteiger partial charge in [-0.05, 0) is 36.8 Å². The maximum Gasteiger partial charge on any atom is 0.308 e. The average molecular weight is 388 g/mol. The summed E-state index contributed by atoms with van der Waals surface area (Å²) in [5.41, 5.74) is 0.695. The number of hydrogen-bond acceptors (Lipinski definition) is 6. The maximum atomic E-state index is 12.5. The summed E-state index contributed by atoms with van der Waals surface area (Å²) in [4.78, 5) is 37.9. The number of rotatable bonds is 9. The van der Waals surface area contributed by atoms with E-state index in [1.165, 1.54) is 31.4 Å². The molecule has 1 heterocycles. The number of hydrogen-bond donors (Lipinski definition) is 1. The molecule has 0 saturated heterocycles. The van der Waals surface area contributed by atoms with Crippen molar-refractivity contribution in [3.8, 4) is 5.75 Å². The van der Waals surface area contributed by atoms with E-state index in [1.54, 1.807) is 37.3 Å². The summed E-state index contributed by atoms with van der Waals surface area (Å²) in [5, 5.41) is 2.79. The van der Waals surface area contributed by atoms with E-state index in [1.807, 2.05) is 0 Å². The van der Waals surface area contributed by atoms with Gasteiger partial charge in [0.15, 0.2) is 5.76 Å². The first-order valence-electron chi connectivity index (χ1n) is 8.82. The number of benzene rings is 1. The molecule has 1 unspecified atom stereocenters. The minimum absolute atomic E-state index is 0.0391. The fourth-order valence-corrected chi connectivity index (χ4v) is 2.61. The molecule has 8 nitrogen and oxygen atoms in total. The molecule has 2 rings (SSSR count). The normalized spacial score (nSPS) is 11.4. The number of carbonyl (C=O) groups is 3. The lowest BCUT2D eigenvalue weighted by Gasteiger charge is -2.21. The predicted octanol–water partition coefficient (Wildman–Crippen LogP) is 2.17. The van der Waals surface area contributed by atoms with Crippen LogP contribution in [0.15, 0.2) is 47.1 Å². The number of carbonyl (C=O) groups excluding carboxylic acids is 3. The molecule has 0 aliphatic heterocycles. The highest BCUT2D eigenvalue weighted by atomic mass is 16.5. The van der Waals surface area contributed by atoms with Crippen molar-refractivity contribution in [2.24, 2.45) is 0 Å². The molecular weight excluding hydrogens is 364 g/mol. The highest BCUT2D eigenvalue weighted by Gasteiger charge is 2.22. The zero-order chi connectivity index (χ0) is 20.5. The van der Waals surface area contributed by atoms with Crippen molar-refractivity contribution in [1.29, 1.82) is 0 Å². The Hall–Kier alpha value is -3.29. The first-order chi connectivity index (χ1) is 13.4. The van der Waals surface area contributed by atoms with E-state index < -0.39 is 23.8 Å². The second-order valence-electron chi connectivity index (χ2n) is 6.04. The van der Waals surface area contributed by atoms with Gasteiger partial charge in [0.2, 0.25) is 5.91 Å². The molecule has 0 fully saturated rings. The van der Waals surface area contributed by atoms with Gasteiger partial charge in [0, 0.05) is 7.05 Å². The second-order valence-corrected chi connectivity index (χ2v) is 6.04. The van der Waals surface area contributed by atoms with E-state index in [9.17, 15) is 14.4 Å². The molecule has 0 bridgehead atoms. The largest absolute Gasteiger partial charge is 0.497 e. The monoisotopic (exact) mass is 388 g/mol. The summed E-state index contributed by atoms with van der Waals surface area (Å²) in [6.07, 6.45) is 1.35. The minimum atomic E-state index is -0.617. The highest BCUT2D eigenvalue weighted by Crippen LogP contribution is 2.22. The molecule has 1 atom stereocenters. The van der Waals surface area contributed by atoms with Crippen LogP contribution in [0.4, 0.5) is 0 Å². The molecule has 0 spiro atoms. The summed E-state index contributed by atoms with van der Waals surface area (Å²) in [6, 6.07) is 9.56. The topological polar surface area (TPSA) is 98.1 Å². The molecule has 28 heavy (non-hydrogen) atoms. The van der Waals surface area contributed by atoms with Crippen molar-refractivity contribution in [2.45, 2.75) is 19.4 Å². The van der Waals surface area contributed by atoms with Crippen LogP contribution < -0.4 is 10.1 Å². The molecule has 1 aromatic heterocycles. The Labute approximate surface area is 163 Å². The Morgan fingerprint density at radius 1 is 1.21 bits per heavy atom. The van der Waals surface area contributed by atoms with E-state index in [0.717, 1.165) is 0 Å². The summed E-state index contributed by atoms with van der Waals surface area (Å²) in [6.45, 7) is 1.77. The fourth-order valence-electron chi connectivity index (χ4n) is 2.61. The molecule has 1 N–H and O–H groups in total. The van der Waals surface area contributed by atoms with Gasteiger partial charge in [-0.2, -0.15) is 0 Å². The zero-order valence-electron chi connectivity index (χ0n) is 16.1. The number of nitrogens with zero attached hydrogens (tertiary/aromatic N) is 1. The quantitative estimate of drug-likeness (QED) is 0.661. The van der Waals surface area contributed by atoms with E-state index in [0.29, 0.717) is 11.3 Å². The van der Waals surface area contributed by atoms with Gasteiger partial charge < -0.3 is 24.1 Å². The van der Waals surface area contributed by atoms with Gasteiger partial charge in [-0.15, -0.1) is 0 Å². The van der Waals surface area contributed by atoms with Gasteiger partial charge >= 0.3 is 5.97 Å². The number of amides is 2. The molecule has 150 valence electrons. The lowest BCUT2D eigenvalue weighted by atomic mass is 10.0. The lowest BCUT2D eigenvalue weighted by Crippen LogP contribution is -2.40. The summed E-state index contributed by atoms with van der Waals surface area (Å²) >= 11 is 0. The van der Waals surface area contributed by atoms with Crippen molar-refractivity contribution in [3.63, 3.8) is 0 Å². The van der Waals surface area contributed by atoms with Gasteiger partial charge in [-0.3, -0.25) is 14.4 Å². The molecule has 2 amide bonds. The van der Waals surface area contributed by atoms with Crippen LogP contribution in [0.25, 0.3) is 0 Å². The fraction of sp³-hybridized carbons (Fsp3) is 0.350. The standard InChI is InChI=1S/C20H24N2O6/c1-4-27-19(24)12-16(14-7-5-8-15(11-14)26-3)21-18(23)13-22(2)20(25)17-9-6-10-28-17/h5-11,16H,4,12-13H2,1-3H3,(H,21,23). The van der Waals surface area contributed by atoms with Crippen molar-refractivity contribution >= 4 is 17.8 Å². The van der Waals surface area contributed by atoms with Crippen LogP contribution in [-0.4, -0.2) is 50.0 Å². The Morgan fingerprint density at radius 2 is 2.00 bits per heavy atom. The number of ether oxygens (including phenoxy) is 2. The van der Waals surface area contributed by atoms with E-state index in [2.05, 4.69) is 5.32 Å². The second kappa shape index (κ2) is 10.1. The van der Waals surface area contributed by atoms with E-state index in [-0.39, 0.29) is 25.3 Å².